The SMILES string of the molecule is CCN(CC)CCOc1ccc(NC(=O)C2CCCN(C(=O)c3ccc(Cl)cc3)C2)cc1. The zero-order valence-electron chi connectivity index (χ0n) is 18.9. The fourth-order valence-corrected chi connectivity index (χ4v) is 3.99. The van der Waals surface area contributed by atoms with Gasteiger partial charge in [-0.1, -0.05) is 25.4 Å². The number of halogens is 1. The van der Waals surface area contributed by atoms with Crippen molar-refractivity contribution in [2.24, 2.45) is 5.92 Å². The summed E-state index contributed by atoms with van der Waals surface area (Å²) in [5.41, 5.74) is 1.32. The van der Waals surface area contributed by atoms with Crippen LogP contribution in [0.5, 0.6) is 5.75 Å². The van der Waals surface area contributed by atoms with E-state index in [2.05, 4.69) is 24.1 Å². The van der Waals surface area contributed by atoms with Gasteiger partial charge in [-0.05, 0) is 74.5 Å². The largest absolute Gasteiger partial charge is 0.492 e. The Kier molecular flexibility index (Phi) is 8.94. The predicted octanol–water partition coefficient (Wildman–Crippen LogP) is 4.55. The molecule has 1 fully saturated rings. The summed E-state index contributed by atoms with van der Waals surface area (Å²) in [6.45, 7) is 8.89. The highest BCUT2D eigenvalue weighted by Crippen LogP contribution is 2.22. The van der Waals surface area contributed by atoms with Crippen LogP contribution in [0.25, 0.3) is 0 Å². The Labute approximate surface area is 195 Å². The molecule has 1 N–H and O–H groups in total. The molecule has 1 saturated heterocycles. The van der Waals surface area contributed by atoms with Crippen molar-refractivity contribution >= 4 is 29.1 Å². The number of ether oxygens (including phenoxy) is 1. The third-order valence-electron chi connectivity index (χ3n) is 5.86. The molecule has 3 rings (SSSR count). The minimum atomic E-state index is -0.231. The van der Waals surface area contributed by atoms with Crippen molar-refractivity contribution in [1.29, 1.82) is 0 Å². The highest BCUT2D eigenvalue weighted by atomic mass is 35.5. The molecule has 1 heterocycles. The lowest BCUT2D eigenvalue weighted by Gasteiger charge is -2.32. The molecule has 2 aromatic rings. The lowest BCUT2D eigenvalue weighted by Crippen LogP contribution is -2.43. The van der Waals surface area contributed by atoms with E-state index >= 15 is 0 Å². The Morgan fingerprint density at radius 3 is 2.44 bits per heavy atom. The minimum Gasteiger partial charge on any atom is -0.492 e. The summed E-state index contributed by atoms with van der Waals surface area (Å²) in [5, 5.41) is 3.58. The van der Waals surface area contributed by atoms with E-state index in [4.69, 9.17) is 16.3 Å². The fraction of sp³-hybridized carbons (Fsp3) is 0.440. The van der Waals surface area contributed by atoms with Crippen LogP contribution in [0.3, 0.4) is 0 Å². The van der Waals surface area contributed by atoms with Crippen LogP contribution in [0.4, 0.5) is 5.69 Å². The Bertz CT molecular complexity index is 882. The molecule has 172 valence electrons. The average molecular weight is 458 g/mol. The van der Waals surface area contributed by atoms with Crippen molar-refractivity contribution in [2.75, 3.05) is 44.6 Å². The van der Waals surface area contributed by atoms with Crippen molar-refractivity contribution < 1.29 is 14.3 Å². The molecule has 2 amide bonds. The van der Waals surface area contributed by atoms with Crippen molar-refractivity contribution in [3.8, 4) is 5.75 Å². The third kappa shape index (κ3) is 6.71. The van der Waals surface area contributed by atoms with Crippen molar-refractivity contribution in [3.05, 3.63) is 59.1 Å². The van der Waals surface area contributed by atoms with Gasteiger partial charge in [0.15, 0.2) is 0 Å². The number of nitrogens with zero attached hydrogens (tertiary/aromatic N) is 2. The van der Waals surface area contributed by atoms with Gasteiger partial charge < -0.3 is 19.9 Å². The molecule has 1 unspecified atom stereocenters. The van der Waals surface area contributed by atoms with Crippen LogP contribution in [-0.4, -0.2) is 60.9 Å². The second kappa shape index (κ2) is 11.9. The molecule has 1 aliphatic rings. The first-order valence-electron chi connectivity index (χ1n) is 11.3. The average Bonchev–Trinajstić information content (AvgIpc) is 2.83. The maximum absolute atomic E-state index is 12.8. The monoisotopic (exact) mass is 457 g/mol. The summed E-state index contributed by atoms with van der Waals surface area (Å²) in [4.78, 5) is 29.6. The lowest BCUT2D eigenvalue weighted by atomic mass is 9.96. The molecule has 1 aliphatic heterocycles. The molecule has 0 aliphatic carbocycles. The topological polar surface area (TPSA) is 61.9 Å². The van der Waals surface area contributed by atoms with Crippen LogP contribution in [-0.2, 0) is 4.79 Å². The number of hydrogen-bond donors (Lipinski definition) is 1. The Hall–Kier alpha value is -2.57. The normalized spacial score (nSPS) is 16.1. The summed E-state index contributed by atoms with van der Waals surface area (Å²) in [6, 6.07) is 14.3. The van der Waals surface area contributed by atoms with Gasteiger partial charge in [0.2, 0.25) is 5.91 Å². The molecule has 0 aromatic heterocycles. The lowest BCUT2D eigenvalue weighted by molar-refractivity contribution is -0.121. The molecular weight excluding hydrogens is 426 g/mol. The molecule has 6 nitrogen and oxygen atoms in total. The Balaban J connectivity index is 1.50. The van der Waals surface area contributed by atoms with Crippen LogP contribution in [0.1, 0.15) is 37.0 Å². The van der Waals surface area contributed by atoms with Crippen LogP contribution >= 0.6 is 11.6 Å². The summed E-state index contributed by atoms with van der Waals surface area (Å²) >= 11 is 5.92. The van der Waals surface area contributed by atoms with Crippen LogP contribution in [0.2, 0.25) is 5.02 Å². The zero-order chi connectivity index (χ0) is 22.9. The highest BCUT2D eigenvalue weighted by molar-refractivity contribution is 6.30. The molecule has 0 spiro atoms. The van der Waals surface area contributed by atoms with Gasteiger partial charge in [0.1, 0.15) is 12.4 Å². The van der Waals surface area contributed by atoms with Crippen LogP contribution in [0.15, 0.2) is 48.5 Å². The van der Waals surface area contributed by atoms with E-state index in [0.29, 0.717) is 30.3 Å². The molecule has 0 radical (unpaired) electrons. The van der Waals surface area contributed by atoms with Crippen molar-refractivity contribution in [3.63, 3.8) is 0 Å². The molecule has 2 aromatic carbocycles. The maximum Gasteiger partial charge on any atom is 0.253 e. The van der Waals surface area contributed by atoms with Gasteiger partial charge in [-0.25, -0.2) is 0 Å². The maximum atomic E-state index is 12.8. The molecule has 32 heavy (non-hydrogen) atoms. The number of anilines is 1. The number of nitrogens with one attached hydrogen (secondary N) is 1. The van der Waals surface area contributed by atoms with E-state index in [0.717, 1.165) is 43.9 Å². The number of piperidine rings is 1. The third-order valence-corrected chi connectivity index (χ3v) is 6.12. The second-order valence-corrected chi connectivity index (χ2v) is 8.42. The van der Waals surface area contributed by atoms with Gasteiger partial charge in [-0.3, -0.25) is 9.59 Å². The van der Waals surface area contributed by atoms with E-state index in [1.165, 1.54) is 0 Å². The van der Waals surface area contributed by atoms with E-state index in [1.807, 2.05) is 24.3 Å². The zero-order valence-corrected chi connectivity index (χ0v) is 19.6. The molecule has 0 bridgehead atoms. The quantitative estimate of drug-likeness (QED) is 0.600. The Morgan fingerprint density at radius 2 is 1.78 bits per heavy atom. The summed E-state index contributed by atoms with van der Waals surface area (Å²) < 4.78 is 5.80. The number of rotatable bonds is 9. The standard InChI is InChI=1S/C25H32ClN3O3/c1-3-28(4-2)16-17-32-23-13-11-22(12-14-23)27-24(30)20-6-5-15-29(18-20)25(31)19-7-9-21(26)10-8-19/h7-14,20H,3-6,15-18H2,1-2H3,(H,27,30). The van der Waals surface area contributed by atoms with E-state index < -0.39 is 0 Å². The minimum absolute atomic E-state index is 0.0613. The number of amides is 2. The molecular formula is C25H32ClN3O3. The number of benzene rings is 2. The van der Waals surface area contributed by atoms with E-state index in [-0.39, 0.29) is 17.7 Å². The molecule has 7 heteroatoms. The van der Waals surface area contributed by atoms with Crippen LogP contribution < -0.4 is 10.1 Å². The Morgan fingerprint density at radius 1 is 1.09 bits per heavy atom. The van der Waals surface area contributed by atoms with Gasteiger partial charge in [-0.2, -0.15) is 0 Å². The second-order valence-electron chi connectivity index (χ2n) is 7.99. The van der Waals surface area contributed by atoms with Gasteiger partial charge in [0.05, 0.1) is 5.92 Å². The first-order valence-corrected chi connectivity index (χ1v) is 11.7. The highest BCUT2D eigenvalue weighted by Gasteiger charge is 2.29. The number of carbonyl (C=O) groups excluding carboxylic acids is 2. The first-order chi connectivity index (χ1) is 15.5. The van der Waals surface area contributed by atoms with Gasteiger partial charge in [-0.15, -0.1) is 0 Å². The number of likely N-dealkylation sites (tertiary alicyclic amines) is 1. The summed E-state index contributed by atoms with van der Waals surface area (Å²) in [7, 11) is 0. The fourth-order valence-electron chi connectivity index (χ4n) is 3.86. The van der Waals surface area contributed by atoms with E-state index in [1.54, 1.807) is 29.2 Å². The van der Waals surface area contributed by atoms with Gasteiger partial charge >= 0.3 is 0 Å². The van der Waals surface area contributed by atoms with Gasteiger partial charge in [0, 0.05) is 35.9 Å². The first kappa shape index (κ1) is 24.1. The number of likely N-dealkylation sites (N-methyl/N-ethyl adjacent to an activating group) is 1. The number of carbonyl (C=O) groups is 2. The number of hydrogen-bond acceptors (Lipinski definition) is 4. The van der Waals surface area contributed by atoms with Crippen molar-refractivity contribution in [1.82, 2.24) is 9.80 Å². The summed E-state index contributed by atoms with van der Waals surface area (Å²) in [6.07, 6.45) is 1.57. The summed E-state index contributed by atoms with van der Waals surface area (Å²) in [5.74, 6) is 0.428. The van der Waals surface area contributed by atoms with Crippen LogP contribution in [0, 0.1) is 5.92 Å². The smallest absolute Gasteiger partial charge is 0.253 e. The van der Waals surface area contributed by atoms with Gasteiger partial charge in [0.25, 0.3) is 5.91 Å². The molecule has 1 atom stereocenters. The predicted molar refractivity (Wildman–Crippen MR) is 128 cm³/mol. The van der Waals surface area contributed by atoms with Crippen molar-refractivity contribution in [2.45, 2.75) is 26.7 Å². The van der Waals surface area contributed by atoms with E-state index in [9.17, 15) is 9.59 Å². The molecule has 0 saturated carbocycles.